The van der Waals surface area contributed by atoms with Crippen LogP contribution < -0.4 is 10.4 Å². The van der Waals surface area contributed by atoms with Crippen LogP contribution in [-0.2, 0) is 23.8 Å². The average Bonchev–Trinajstić information content (AvgIpc) is 3.07. The molecule has 2 heterocycles. The Balaban J connectivity index is 1.85. The van der Waals surface area contributed by atoms with Crippen molar-refractivity contribution < 1.29 is 31.9 Å². The summed E-state index contributed by atoms with van der Waals surface area (Å²) in [6, 6.07) is 1.62. The normalized spacial score (nSPS) is 14.5. The minimum atomic E-state index is -4.69. The molecule has 1 aliphatic heterocycles. The molecule has 0 saturated carbocycles. The van der Waals surface area contributed by atoms with E-state index in [1.165, 1.54) is 15.9 Å². The number of urea groups is 1. The number of unbranched alkanes of at least 4 members (excludes halogenated alkanes) is 1. The Morgan fingerprint density at radius 1 is 1.03 bits per heavy atom. The number of ether oxygens (including phenoxy) is 1. The molecule has 0 N–H and O–H groups in total. The van der Waals surface area contributed by atoms with Gasteiger partial charge >= 0.3 is 17.8 Å². The molecule has 0 spiro atoms. The van der Waals surface area contributed by atoms with Gasteiger partial charge in [0.2, 0.25) is 5.91 Å². The minimum absolute atomic E-state index is 0.0885. The standard InChI is InChI=1S/C25H31F3N2O5/c1-4-9-16-13-18-19(25(26,27)28)14-21(32)35-23(18)17(10-5-2)22(16)34-12-8-7-11-30-20(31)15-29(6-3)24(30)33/h13-14H,4-12,15H2,1-3H3. The fourth-order valence-corrected chi connectivity index (χ4v) is 4.36. The molecule has 1 fully saturated rings. The van der Waals surface area contributed by atoms with E-state index in [9.17, 15) is 27.6 Å². The molecule has 2 aromatic rings. The van der Waals surface area contributed by atoms with Gasteiger partial charge in [-0.2, -0.15) is 13.2 Å². The topological polar surface area (TPSA) is 80.1 Å². The zero-order valence-electron chi connectivity index (χ0n) is 20.3. The lowest BCUT2D eigenvalue weighted by Crippen LogP contribution is -2.33. The van der Waals surface area contributed by atoms with Crippen LogP contribution in [0.15, 0.2) is 21.3 Å². The lowest BCUT2D eigenvalue weighted by molar-refractivity contribution is -0.136. The van der Waals surface area contributed by atoms with Crippen molar-refractivity contribution in [2.75, 3.05) is 26.2 Å². The molecule has 7 nitrogen and oxygen atoms in total. The van der Waals surface area contributed by atoms with Crippen LogP contribution in [-0.4, -0.2) is 48.0 Å². The second-order valence-electron chi connectivity index (χ2n) is 8.59. The second kappa shape index (κ2) is 11.1. The van der Waals surface area contributed by atoms with Gasteiger partial charge in [0.05, 0.1) is 12.2 Å². The number of halogens is 3. The van der Waals surface area contributed by atoms with Crippen LogP contribution in [0.3, 0.4) is 0 Å². The Labute approximate surface area is 201 Å². The van der Waals surface area contributed by atoms with Gasteiger partial charge in [-0.05, 0) is 44.2 Å². The fraction of sp³-hybridized carbons (Fsp3) is 0.560. The quantitative estimate of drug-likeness (QED) is 0.244. The molecule has 35 heavy (non-hydrogen) atoms. The van der Waals surface area contributed by atoms with Crippen LogP contribution in [0.2, 0.25) is 0 Å². The number of rotatable bonds is 11. The van der Waals surface area contributed by atoms with Crippen molar-refractivity contribution >= 4 is 22.9 Å². The fourth-order valence-electron chi connectivity index (χ4n) is 4.36. The lowest BCUT2D eigenvalue weighted by Gasteiger charge is -2.20. The van der Waals surface area contributed by atoms with Crippen LogP contribution in [0.5, 0.6) is 5.75 Å². The monoisotopic (exact) mass is 496 g/mol. The van der Waals surface area contributed by atoms with Crippen molar-refractivity contribution in [2.45, 2.75) is 65.5 Å². The number of fused-ring (bicyclic) bond motifs is 1. The number of imide groups is 1. The average molecular weight is 497 g/mol. The second-order valence-corrected chi connectivity index (χ2v) is 8.59. The maximum absolute atomic E-state index is 13.7. The van der Waals surface area contributed by atoms with Crippen molar-refractivity contribution in [1.29, 1.82) is 0 Å². The van der Waals surface area contributed by atoms with Gasteiger partial charge in [-0.25, -0.2) is 9.59 Å². The summed E-state index contributed by atoms with van der Waals surface area (Å²) in [5.74, 6) is 0.229. The van der Waals surface area contributed by atoms with Gasteiger partial charge < -0.3 is 14.1 Å². The van der Waals surface area contributed by atoms with E-state index in [1.54, 1.807) is 0 Å². The summed E-state index contributed by atoms with van der Waals surface area (Å²) < 4.78 is 52.4. The zero-order chi connectivity index (χ0) is 25.8. The summed E-state index contributed by atoms with van der Waals surface area (Å²) in [6.07, 6.45) is -1.43. The van der Waals surface area contributed by atoms with Crippen LogP contribution in [0.25, 0.3) is 11.0 Å². The molecule has 0 atom stereocenters. The Morgan fingerprint density at radius 2 is 1.74 bits per heavy atom. The van der Waals surface area contributed by atoms with E-state index in [0.29, 0.717) is 68.0 Å². The van der Waals surface area contributed by atoms with Gasteiger partial charge in [-0.1, -0.05) is 26.7 Å². The Hall–Kier alpha value is -3.04. The van der Waals surface area contributed by atoms with Gasteiger partial charge in [-0.15, -0.1) is 0 Å². The smallest absolute Gasteiger partial charge is 0.417 e. The third-order valence-electron chi connectivity index (χ3n) is 6.02. The number of nitrogens with zero attached hydrogens (tertiary/aromatic N) is 2. The first-order valence-corrected chi connectivity index (χ1v) is 12.0. The van der Waals surface area contributed by atoms with Gasteiger partial charge in [0, 0.05) is 30.1 Å². The summed E-state index contributed by atoms with van der Waals surface area (Å²) >= 11 is 0. The third kappa shape index (κ3) is 5.79. The summed E-state index contributed by atoms with van der Waals surface area (Å²) in [4.78, 5) is 38.9. The number of amides is 3. The molecular weight excluding hydrogens is 465 g/mol. The maximum atomic E-state index is 13.7. The third-order valence-corrected chi connectivity index (χ3v) is 6.02. The van der Waals surface area contributed by atoms with E-state index in [2.05, 4.69) is 0 Å². The number of carbonyl (C=O) groups is 2. The van der Waals surface area contributed by atoms with Crippen molar-refractivity contribution in [3.05, 3.63) is 39.2 Å². The molecule has 0 bridgehead atoms. The van der Waals surface area contributed by atoms with Gasteiger partial charge in [0.25, 0.3) is 0 Å². The molecule has 1 aliphatic rings. The maximum Gasteiger partial charge on any atom is 0.417 e. The van der Waals surface area contributed by atoms with Gasteiger partial charge in [0.1, 0.15) is 17.9 Å². The molecule has 1 saturated heterocycles. The number of carbonyl (C=O) groups excluding carboxylic acids is 2. The van der Waals surface area contributed by atoms with Crippen molar-refractivity contribution in [2.24, 2.45) is 0 Å². The molecule has 3 amide bonds. The molecule has 3 rings (SSSR count). The highest BCUT2D eigenvalue weighted by Crippen LogP contribution is 2.40. The van der Waals surface area contributed by atoms with E-state index in [4.69, 9.17) is 9.15 Å². The van der Waals surface area contributed by atoms with E-state index in [-0.39, 0.29) is 42.6 Å². The summed E-state index contributed by atoms with van der Waals surface area (Å²) in [5.41, 5.74) is -1.07. The highest BCUT2D eigenvalue weighted by molar-refractivity contribution is 6.01. The summed E-state index contributed by atoms with van der Waals surface area (Å²) in [5, 5.41) is -0.136. The molecule has 192 valence electrons. The van der Waals surface area contributed by atoms with Gasteiger partial charge in [0.15, 0.2) is 0 Å². The first-order valence-electron chi connectivity index (χ1n) is 12.0. The predicted octanol–water partition coefficient (Wildman–Crippen LogP) is 5.16. The van der Waals surface area contributed by atoms with E-state index >= 15 is 0 Å². The number of likely N-dealkylation sites (N-methyl/N-ethyl adjacent to an activating group) is 1. The number of aryl methyl sites for hydroxylation is 2. The Bertz CT molecular complexity index is 1140. The number of hydrogen-bond donors (Lipinski definition) is 0. The summed E-state index contributed by atoms with van der Waals surface area (Å²) in [7, 11) is 0. The van der Waals surface area contributed by atoms with Crippen molar-refractivity contribution in [3.8, 4) is 5.75 Å². The SMILES string of the molecule is CCCc1cc2c(C(F)(F)F)cc(=O)oc2c(CCC)c1OCCCCN1C(=O)CN(CC)C1=O. The Kier molecular flexibility index (Phi) is 8.45. The molecule has 1 aromatic carbocycles. The molecule has 1 aromatic heterocycles. The highest BCUT2D eigenvalue weighted by Gasteiger charge is 2.36. The molecular formula is C25H31F3N2O5. The first-order chi connectivity index (χ1) is 16.6. The Morgan fingerprint density at radius 3 is 2.34 bits per heavy atom. The van der Waals surface area contributed by atoms with Crippen LogP contribution in [0.1, 0.15) is 63.1 Å². The molecule has 0 aliphatic carbocycles. The minimum Gasteiger partial charge on any atom is -0.493 e. The summed E-state index contributed by atoms with van der Waals surface area (Å²) in [6.45, 7) is 6.71. The van der Waals surface area contributed by atoms with Crippen LogP contribution in [0, 0.1) is 0 Å². The van der Waals surface area contributed by atoms with E-state index < -0.39 is 17.4 Å². The largest absolute Gasteiger partial charge is 0.493 e. The van der Waals surface area contributed by atoms with E-state index in [0.717, 1.165) is 0 Å². The number of hydrogen-bond acceptors (Lipinski definition) is 5. The van der Waals surface area contributed by atoms with Crippen molar-refractivity contribution in [3.63, 3.8) is 0 Å². The van der Waals surface area contributed by atoms with Crippen LogP contribution >= 0.6 is 0 Å². The first kappa shape index (κ1) is 26.6. The number of benzene rings is 1. The molecule has 0 unspecified atom stereocenters. The van der Waals surface area contributed by atoms with Gasteiger partial charge in [-0.3, -0.25) is 9.69 Å². The predicted molar refractivity (Wildman–Crippen MR) is 125 cm³/mol. The lowest BCUT2D eigenvalue weighted by atomic mass is 9.96. The van der Waals surface area contributed by atoms with Crippen LogP contribution in [0.4, 0.5) is 18.0 Å². The zero-order valence-corrected chi connectivity index (χ0v) is 20.3. The number of alkyl halides is 3. The molecule has 0 radical (unpaired) electrons. The molecule has 10 heteroatoms. The van der Waals surface area contributed by atoms with E-state index in [1.807, 2.05) is 20.8 Å². The highest BCUT2D eigenvalue weighted by atomic mass is 19.4. The van der Waals surface area contributed by atoms with Crippen molar-refractivity contribution in [1.82, 2.24) is 9.80 Å².